The molecule has 0 saturated heterocycles. The third-order valence-electron chi connectivity index (χ3n) is 2.64. The van der Waals surface area contributed by atoms with Crippen LogP contribution in [0.15, 0.2) is 36.5 Å². The number of pyridine rings is 1. The first-order chi connectivity index (χ1) is 9.47. The fraction of sp³-hybridized carbons (Fsp3) is 0.0769. The van der Waals surface area contributed by atoms with Gasteiger partial charge in [0, 0.05) is 23.5 Å². The third-order valence-corrected chi connectivity index (χ3v) is 2.86. The van der Waals surface area contributed by atoms with Gasteiger partial charge in [-0.1, -0.05) is 11.6 Å². The van der Waals surface area contributed by atoms with Gasteiger partial charge in [-0.2, -0.15) is 0 Å². The van der Waals surface area contributed by atoms with E-state index in [0.29, 0.717) is 22.0 Å². The summed E-state index contributed by atoms with van der Waals surface area (Å²) in [6.07, 6.45) is 1.36. The van der Waals surface area contributed by atoms with Crippen molar-refractivity contribution in [2.45, 2.75) is 6.92 Å². The second kappa shape index (κ2) is 5.66. The van der Waals surface area contributed by atoms with Crippen LogP contribution < -0.4 is 5.32 Å². The minimum absolute atomic E-state index is 0.0103. The van der Waals surface area contributed by atoms with Crippen molar-refractivity contribution in [3.8, 4) is 0 Å². The maximum Gasteiger partial charge on any atom is 0.272 e. The number of aryl methyl sites for hydroxylation is 1. The van der Waals surface area contributed by atoms with E-state index in [4.69, 9.17) is 11.6 Å². The first kappa shape index (κ1) is 14.0. The highest BCUT2D eigenvalue weighted by Gasteiger charge is 2.12. The molecular formula is C13H10ClN3O3. The van der Waals surface area contributed by atoms with Crippen LogP contribution in [-0.2, 0) is 0 Å². The van der Waals surface area contributed by atoms with Crippen molar-refractivity contribution in [2.75, 3.05) is 5.32 Å². The Labute approximate surface area is 119 Å². The van der Waals surface area contributed by atoms with Gasteiger partial charge in [0.1, 0.15) is 5.15 Å². The van der Waals surface area contributed by atoms with Gasteiger partial charge in [-0.15, -0.1) is 0 Å². The lowest BCUT2D eigenvalue weighted by Crippen LogP contribution is -2.12. The molecule has 102 valence electrons. The Morgan fingerprint density at radius 1 is 1.35 bits per heavy atom. The standard InChI is InChI=1S/C13H10ClN3O3/c1-8-6-10(3-4-11(8)17(19)20)16-13(18)9-2-5-12(14)15-7-9/h2-7H,1H3,(H,16,18). The molecule has 0 spiro atoms. The molecule has 0 fully saturated rings. The van der Waals surface area contributed by atoms with E-state index in [2.05, 4.69) is 10.3 Å². The average molecular weight is 292 g/mol. The largest absolute Gasteiger partial charge is 0.322 e. The van der Waals surface area contributed by atoms with E-state index in [9.17, 15) is 14.9 Å². The topological polar surface area (TPSA) is 85.1 Å². The Morgan fingerprint density at radius 2 is 2.10 bits per heavy atom. The summed E-state index contributed by atoms with van der Waals surface area (Å²) in [4.78, 5) is 26.0. The zero-order valence-corrected chi connectivity index (χ0v) is 11.2. The SMILES string of the molecule is Cc1cc(NC(=O)c2ccc(Cl)nc2)ccc1[N+](=O)[O-]. The van der Waals surface area contributed by atoms with Crippen LogP contribution in [0.25, 0.3) is 0 Å². The van der Waals surface area contributed by atoms with Crippen LogP contribution in [0.1, 0.15) is 15.9 Å². The average Bonchev–Trinajstić information content (AvgIpc) is 2.39. The highest BCUT2D eigenvalue weighted by Crippen LogP contribution is 2.22. The molecule has 6 nitrogen and oxygen atoms in total. The molecule has 1 N–H and O–H groups in total. The van der Waals surface area contributed by atoms with Gasteiger partial charge in [0.2, 0.25) is 0 Å². The molecule has 1 aromatic heterocycles. The highest BCUT2D eigenvalue weighted by atomic mass is 35.5. The van der Waals surface area contributed by atoms with Crippen molar-refractivity contribution in [1.29, 1.82) is 0 Å². The van der Waals surface area contributed by atoms with Crippen LogP contribution >= 0.6 is 11.6 Å². The number of nitro groups is 1. The van der Waals surface area contributed by atoms with Crippen molar-refractivity contribution in [1.82, 2.24) is 4.98 Å². The molecule has 2 rings (SSSR count). The summed E-state index contributed by atoms with van der Waals surface area (Å²) in [5.41, 5.74) is 1.32. The maximum absolute atomic E-state index is 11.9. The first-order valence-corrected chi connectivity index (χ1v) is 6.03. The molecule has 2 aromatic rings. The van der Waals surface area contributed by atoms with E-state index in [-0.39, 0.29) is 11.6 Å². The quantitative estimate of drug-likeness (QED) is 0.534. The monoisotopic (exact) mass is 291 g/mol. The lowest BCUT2D eigenvalue weighted by molar-refractivity contribution is -0.385. The number of aromatic nitrogens is 1. The number of carbonyl (C=O) groups excluding carboxylic acids is 1. The van der Waals surface area contributed by atoms with Gasteiger partial charge in [0.25, 0.3) is 11.6 Å². The van der Waals surface area contributed by atoms with E-state index >= 15 is 0 Å². The smallest absolute Gasteiger partial charge is 0.272 e. The predicted molar refractivity (Wildman–Crippen MR) is 75.0 cm³/mol. The molecule has 0 aliphatic carbocycles. The summed E-state index contributed by atoms with van der Waals surface area (Å²) in [6, 6.07) is 7.43. The zero-order valence-electron chi connectivity index (χ0n) is 10.5. The summed E-state index contributed by atoms with van der Waals surface area (Å²) in [7, 11) is 0. The normalized spacial score (nSPS) is 10.1. The number of carbonyl (C=O) groups is 1. The zero-order chi connectivity index (χ0) is 14.7. The Kier molecular flexibility index (Phi) is 3.95. The van der Waals surface area contributed by atoms with Crippen molar-refractivity contribution in [3.05, 3.63) is 62.9 Å². The molecular weight excluding hydrogens is 282 g/mol. The van der Waals surface area contributed by atoms with Crippen LogP contribution in [0, 0.1) is 17.0 Å². The molecule has 0 radical (unpaired) electrons. The van der Waals surface area contributed by atoms with E-state index in [0.717, 1.165) is 0 Å². The van der Waals surface area contributed by atoms with Crippen LogP contribution in [0.5, 0.6) is 0 Å². The van der Waals surface area contributed by atoms with Crippen LogP contribution in [0.4, 0.5) is 11.4 Å². The Morgan fingerprint density at radius 3 is 2.65 bits per heavy atom. The summed E-state index contributed by atoms with van der Waals surface area (Å²) < 4.78 is 0. The molecule has 0 atom stereocenters. The number of rotatable bonds is 3. The summed E-state index contributed by atoms with van der Waals surface area (Å²) in [6.45, 7) is 1.61. The highest BCUT2D eigenvalue weighted by molar-refractivity contribution is 6.29. The van der Waals surface area contributed by atoms with Crippen molar-refractivity contribution in [2.24, 2.45) is 0 Å². The molecule has 20 heavy (non-hydrogen) atoms. The number of amides is 1. The molecule has 7 heteroatoms. The summed E-state index contributed by atoms with van der Waals surface area (Å²) in [5.74, 6) is -0.359. The van der Waals surface area contributed by atoms with E-state index < -0.39 is 4.92 Å². The van der Waals surface area contributed by atoms with E-state index in [1.807, 2.05) is 0 Å². The van der Waals surface area contributed by atoms with E-state index in [1.54, 1.807) is 19.1 Å². The van der Waals surface area contributed by atoms with Gasteiger partial charge in [-0.05, 0) is 31.2 Å². The number of hydrogen-bond acceptors (Lipinski definition) is 4. The number of nitrogens with one attached hydrogen (secondary N) is 1. The Bertz CT molecular complexity index is 671. The van der Waals surface area contributed by atoms with Gasteiger partial charge in [-0.25, -0.2) is 4.98 Å². The van der Waals surface area contributed by atoms with Crippen LogP contribution in [0.3, 0.4) is 0 Å². The number of nitro benzene ring substituents is 1. The number of anilines is 1. The summed E-state index contributed by atoms with van der Waals surface area (Å²) in [5, 5.41) is 13.6. The van der Waals surface area contributed by atoms with Crippen LogP contribution in [-0.4, -0.2) is 15.8 Å². The van der Waals surface area contributed by atoms with Crippen molar-refractivity contribution in [3.63, 3.8) is 0 Å². The van der Waals surface area contributed by atoms with Gasteiger partial charge >= 0.3 is 0 Å². The predicted octanol–water partition coefficient (Wildman–Crippen LogP) is 3.20. The molecule has 0 aliphatic heterocycles. The second-order valence-electron chi connectivity index (χ2n) is 4.08. The van der Waals surface area contributed by atoms with Gasteiger partial charge in [-0.3, -0.25) is 14.9 Å². The van der Waals surface area contributed by atoms with Gasteiger partial charge in [0.15, 0.2) is 0 Å². The molecule has 1 aromatic carbocycles. The van der Waals surface area contributed by atoms with Crippen molar-refractivity contribution >= 4 is 28.9 Å². The first-order valence-electron chi connectivity index (χ1n) is 5.65. The number of hydrogen-bond donors (Lipinski definition) is 1. The lowest BCUT2D eigenvalue weighted by Gasteiger charge is -2.06. The van der Waals surface area contributed by atoms with E-state index in [1.165, 1.54) is 24.4 Å². The van der Waals surface area contributed by atoms with Gasteiger partial charge in [0.05, 0.1) is 10.5 Å². The molecule has 0 saturated carbocycles. The second-order valence-corrected chi connectivity index (χ2v) is 4.47. The Hall–Kier alpha value is -2.47. The fourth-order valence-electron chi connectivity index (χ4n) is 1.65. The molecule has 0 unspecified atom stereocenters. The lowest BCUT2D eigenvalue weighted by atomic mass is 10.1. The molecule has 1 amide bonds. The fourth-order valence-corrected chi connectivity index (χ4v) is 1.76. The summed E-state index contributed by atoms with van der Waals surface area (Å²) >= 11 is 5.64. The van der Waals surface area contributed by atoms with Gasteiger partial charge < -0.3 is 5.32 Å². The number of halogens is 1. The Balaban J connectivity index is 2.18. The minimum atomic E-state index is -0.468. The molecule has 1 heterocycles. The molecule has 0 bridgehead atoms. The van der Waals surface area contributed by atoms with Crippen LogP contribution in [0.2, 0.25) is 5.15 Å². The maximum atomic E-state index is 11.9. The number of nitrogens with zero attached hydrogens (tertiary/aromatic N) is 2. The minimum Gasteiger partial charge on any atom is -0.322 e. The third kappa shape index (κ3) is 3.10. The molecule has 0 aliphatic rings. The van der Waals surface area contributed by atoms with Crippen molar-refractivity contribution < 1.29 is 9.72 Å². The number of benzene rings is 1.